The molecule has 0 aliphatic carbocycles. The molecule has 3 rings (SSSR count). The third-order valence-corrected chi connectivity index (χ3v) is 4.28. The first-order valence-electron chi connectivity index (χ1n) is 8.22. The summed E-state index contributed by atoms with van der Waals surface area (Å²) in [5.41, 5.74) is 2.86. The Kier molecular flexibility index (Phi) is 5.19. The van der Waals surface area contributed by atoms with E-state index >= 15 is 0 Å². The molecule has 1 aromatic carbocycles. The highest BCUT2D eigenvalue weighted by molar-refractivity contribution is 5.52. The predicted octanol–water partition coefficient (Wildman–Crippen LogP) is 3.64. The molecular formula is C19H21FN4O. The molecule has 0 saturated heterocycles. The van der Waals surface area contributed by atoms with Gasteiger partial charge in [-0.25, -0.2) is 4.39 Å². The van der Waals surface area contributed by atoms with Crippen LogP contribution in [0.15, 0.2) is 47.0 Å². The molecule has 0 bridgehead atoms. The highest BCUT2D eigenvalue weighted by atomic mass is 19.1. The van der Waals surface area contributed by atoms with E-state index in [-0.39, 0.29) is 11.9 Å². The van der Waals surface area contributed by atoms with Crippen LogP contribution in [0.1, 0.15) is 24.1 Å². The minimum absolute atomic E-state index is 0.262. The average Bonchev–Trinajstić information content (AvgIpc) is 3.05. The van der Waals surface area contributed by atoms with E-state index in [9.17, 15) is 4.39 Å². The smallest absolute Gasteiger partial charge is 0.247 e. The van der Waals surface area contributed by atoms with Gasteiger partial charge in [0.15, 0.2) is 0 Å². The van der Waals surface area contributed by atoms with Crippen molar-refractivity contribution in [1.82, 2.24) is 20.1 Å². The van der Waals surface area contributed by atoms with Crippen molar-refractivity contribution >= 4 is 0 Å². The van der Waals surface area contributed by atoms with E-state index in [1.54, 1.807) is 12.1 Å². The normalized spacial score (nSPS) is 12.5. The van der Waals surface area contributed by atoms with Gasteiger partial charge in [-0.05, 0) is 50.7 Å². The summed E-state index contributed by atoms with van der Waals surface area (Å²) in [5.74, 6) is 0.510. The lowest BCUT2D eigenvalue weighted by molar-refractivity contribution is 0.224. The highest BCUT2D eigenvalue weighted by Crippen LogP contribution is 2.19. The predicted molar refractivity (Wildman–Crippen MR) is 93.3 cm³/mol. The number of nitrogens with zero attached hydrogens (tertiary/aromatic N) is 4. The first-order chi connectivity index (χ1) is 12.0. The number of benzene rings is 1. The molecular weight excluding hydrogens is 319 g/mol. The Labute approximate surface area is 146 Å². The lowest BCUT2D eigenvalue weighted by atomic mass is 10.1. The molecule has 0 radical (unpaired) electrons. The Balaban J connectivity index is 1.65. The monoisotopic (exact) mass is 340 g/mol. The minimum Gasteiger partial charge on any atom is -0.419 e. The van der Waals surface area contributed by atoms with Crippen LogP contribution in [0.2, 0.25) is 0 Å². The molecule has 0 fully saturated rings. The number of aromatic nitrogens is 3. The largest absolute Gasteiger partial charge is 0.419 e. The number of likely N-dealkylation sites (N-methyl/N-ethyl adjacent to an activating group) is 1. The van der Waals surface area contributed by atoms with Crippen LogP contribution >= 0.6 is 0 Å². The fourth-order valence-electron chi connectivity index (χ4n) is 2.59. The van der Waals surface area contributed by atoms with Crippen molar-refractivity contribution in [3.63, 3.8) is 0 Å². The molecule has 3 aromatic rings. The molecule has 0 N–H and O–H groups in total. The summed E-state index contributed by atoms with van der Waals surface area (Å²) >= 11 is 0. The van der Waals surface area contributed by atoms with Crippen LogP contribution in [0.4, 0.5) is 4.39 Å². The van der Waals surface area contributed by atoms with E-state index < -0.39 is 0 Å². The molecule has 2 heterocycles. The molecule has 130 valence electrons. The van der Waals surface area contributed by atoms with Crippen LogP contribution in [0.3, 0.4) is 0 Å². The topological polar surface area (TPSA) is 55.1 Å². The number of halogens is 1. The molecule has 2 aromatic heterocycles. The van der Waals surface area contributed by atoms with Crippen LogP contribution in [-0.2, 0) is 13.0 Å². The van der Waals surface area contributed by atoms with Gasteiger partial charge in [-0.1, -0.05) is 12.1 Å². The van der Waals surface area contributed by atoms with E-state index in [1.807, 2.05) is 19.3 Å². The number of rotatable bonds is 6. The summed E-state index contributed by atoms with van der Waals surface area (Å²) in [5, 5.41) is 8.09. The van der Waals surface area contributed by atoms with Gasteiger partial charge in [0, 0.05) is 29.9 Å². The molecule has 5 nitrogen and oxygen atoms in total. The van der Waals surface area contributed by atoms with Gasteiger partial charge in [0.25, 0.3) is 0 Å². The Morgan fingerprint density at radius 1 is 1.20 bits per heavy atom. The Bertz CT molecular complexity index is 849. The summed E-state index contributed by atoms with van der Waals surface area (Å²) in [7, 11) is 2.01. The van der Waals surface area contributed by atoms with Crippen LogP contribution in [0.25, 0.3) is 11.5 Å². The van der Waals surface area contributed by atoms with Gasteiger partial charge < -0.3 is 4.42 Å². The van der Waals surface area contributed by atoms with Gasteiger partial charge in [-0.15, -0.1) is 10.2 Å². The Morgan fingerprint density at radius 3 is 2.80 bits per heavy atom. The SMILES string of the molecule is Cc1cccnc1C[C@H](C)N(C)Cc1nnc(-c2cccc(F)c2)o1. The second kappa shape index (κ2) is 7.53. The van der Waals surface area contributed by atoms with Gasteiger partial charge in [-0.3, -0.25) is 9.88 Å². The van der Waals surface area contributed by atoms with Gasteiger partial charge in [0.1, 0.15) is 5.82 Å². The van der Waals surface area contributed by atoms with Gasteiger partial charge in [0.05, 0.1) is 6.54 Å². The number of aryl methyl sites for hydroxylation is 1. The minimum atomic E-state index is -0.325. The Hall–Kier alpha value is -2.60. The molecule has 0 aliphatic rings. The number of hydrogen-bond acceptors (Lipinski definition) is 5. The van der Waals surface area contributed by atoms with E-state index in [0.717, 1.165) is 12.1 Å². The lowest BCUT2D eigenvalue weighted by Gasteiger charge is -2.23. The molecule has 25 heavy (non-hydrogen) atoms. The molecule has 0 spiro atoms. The van der Waals surface area contributed by atoms with Crippen molar-refractivity contribution in [2.75, 3.05) is 7.05 Å². The summed E-state index contributed by atoms with van der Waals surface area (Å²) < 4.78 is 19.0. The standard InChI is InChI=1S/C19H21FN4O/c1-13-6-5-9-21-17(13)10-14(2)24(3)12-18-22-23-19(25-18)15-7-4-8-16(20)11-15/h4-9,11,14H,10,12H2,1-3H3/t14-/m0/s1. The number of hydrogen-bond donors (Lipinski definition) is 0. The lowest BCUT2D eigenvalue weighted by Crippen LogP contribution is -2.31. The average molecular weight is 340 g/mol. The van der Waals surface area contributed by atoms with Gasteiger partial charge >= 0.3 is 0 Å². The second-order valence-corrected chi connectivity index (χ2v) is 6.25. The van der Waals surface area contributed by atoms with Crippen LogP contribution < -0.4 is 0 Å². The molecule has 0 aliphatic heterocycles. The van der Waals surface area contributed by atoms with Crippen molar-refractivity contribution in [3.8, 4) is 11.5 Å². The van der Waals surface area contributed by atoms with Gasteiger partial charge in [0.2, 0.25) is 11.8 Å². The van der Waals surface area contributed by atoms with E-state index in [0.29, 0.717) is 23.9 Å². The van der Waals surface area contributed by atoms with E-state index in [4.69, 9.17) is 4.42 Å². The third-order valence-electron chi connectivity index (χ3n) is 4.28. The molecule has 6 heteroatoms. The van der Waals surface area contributed by atoms with Crippen molar-refractivity contribution in [2.45, 2.75) is 32.9 Å². The third kappa shape index (κ3) is 4.28. The maximum Gasteiger partial charge on any atom is 0.247 e. The Morgan fingerprint density at radius 2 is 2.04 bits per heavy atom. The quantitative estimate of drug-likeness (QED) is 0.686. The van der Waals surface area contributed by atoms with E-state index in [1.165, 1.54) is 17.7 Å². The van der Waals surface area contributed by atoms with Crippen molar-refractivity contribution in [3.05, 3.63) is 65.6 Å². The molecule has 0 unspecified atom stereocenters. The fourth-order valence-corrected chi connectivity index (χ4v) is 2.59. The zero-order valence-corrected chi connectivity index (χ0v) is 14.6. The zero-order valence-electron chi connectivity index (χ0n) is 14.6. The summed E-state index contributed by atoms with van der Waals surface area (Å²) in [4.78, 5) is 6.58. The highest BCUT2D eigenvalue weighted by Gasteiger charge is 2.16. The molecule has 0 saturated carbocycles. The van der Waals surface area contributed by atoms with Gasteiger partial charge in [-0.2, -0.15) is 0 Å². The van der Waals surface area contributed by atoms with Crippen molar-refractivity contribution in [2.24, 2.45) is 0 Å². The fraction of sp³-hybridized carbons (Fsp3) is 0.316. The maximum atomic E-state index is 13.3. The maximum absolute atomic E-state index is 13.3. The number of pyridine rings is 1. The first-order valence-corrected chi connectivity index (χ1v) is 8.22. The summed E-state index contributed by atoms with van der Waals surface area (Å²) in [6, 6.07) is 10.4. The van der Waals surface area contributed by atoms with Crippen molar-refractivity contribution < 1.29 is 8.81 Å². The molecule has 1 atom stereocenters. The first kappa shape index (κ1) is 17.2. The summed E-state index contributed by atoms with van der Waals surface area (Å²) in [6.45, 7) is 4.73. The van der Waals surface area contributed by atoms with Crippen LogP contribution in [-0.4, -0.2) is 33.2 Å². The molecule has 0 amide bonds. The second-order valence-electron chi connectivity index (χ2n) is 6.25. The summed E-state index contributed by atoms with van der Waals surface area (Å²) in [6.07, 6.45) is 2.66. The van der Waals surface area contributed by atoms with Crippen LogP contribution in [0.5, 0.6) is 0 Å². The van der Waals surface area contributed by atoms with Crippen LogP contribution in [0, 0.1) is 12.7 Å². The van der Waals surface area contributed by atoms with Crippen molar-refractivity contribution in [1.29, 1.82) is 0 Å². The zero-order chi connectivity index (χ0) is 17.8. The van der Waals surface area contributed by atoms with E-state index in [2.05, 4.69) is 40.0 Å².